The maximum Gasteiger partial charge on any atom is 0.133 e. The molecule has 0 heterocycles. The van der Waals surface area contributed by atoms with Gasteiger partial charge in [0.2, 0.25) is 0 Å². The van der Waals surface area contributed by atoms with E-state index in [4.69, 9.17) is 0 Å². The second-order valence-electron chi connectivity index (χ2n) is 4.93. The summed E-state index contributed by atoms with van der Waals surface area (Å²) in [5.41, 5.74) is 1.32. The molecule has 0 saturated heterocycles. The zero-order valence-corrected chi connectivity index (χ0v) is 13.8. The Morgan fingerprint density at radius 1 is 1.25 bits per heavy atom. The summed E-state index contributed by atoms with van der Waals surface area (Å²) in [6.45, 7) is 9.04. The number of hydrogen-bond donors (Lipinski definition) is 1. The van der Waals surface area contributed by atoms with Gasteiger partial charge >= 0.3 is 0 Å². The standard InChI is InChI=1S/C11H12O.C5H13N.C2H6/c1-8(12)10-7-11(10)9-5-3-2-4-6-9;1-3-4-5-6-2;1-2/h2-6,10-11H,7H2,1H3;6H,3-5H2,1-2H3;1-2H3. The average Bonchev–Trinajstić information content (AvgIpc) is 3.29. The number of hydrogen-bond acceptors (Lipinski definition) is 2. The van der Waals surface area contributed by atoms with Crippen molar-refractivity contribution in [3.8, 4) is 0 Å². The van der Waals surface area contributed by atoms with Crippen LogP contribution in [-0.2, 0) is 4.79 Å². The third kappa shape index (κ3) is 7.44. The Bertz CT molecular complexity index is 344. The number of benzene rings is 1. The molecule has 1 aliphatic carbocycles. The molecule has 2 rings (SSSR count). The SMILES string of the molecule is CC.CC(=O)C1CC1c1ccccc1.CCCCNC. The van der Waals surface area contributed by atoms with Crippen molar-refractivity contribution in [3.05, 3.63) is 35.9 Å². The van der Waals surface area contributed by atoms with Gasteiger partial charge in [-0.1, -0.05) is 57.5 Å². The van der Waals surface area contributed by atoms with E-state index < -0.39 is 0 Å². The van der Waals surface area contributed by atoms with E-state index in [1.54, 1.807) is 6.92 Å². The van der Waals surface area contributed by atoms with E-state index in [1.807, 2.05) is 39.1 Å². The van der Waals surface area contributed by atoms with Crippen LogP contribution in [0, 0.1) is 5.92 Å². The van der Waals surface area contributed by atoms with E-state index >= 15 is 0 Å². The second kappa shape index (κ2) is 11.7. The molecule has 1 fully saturated rings. The van der Waals surface area contributed by atoms with Gasteiger partial charge in [0.15, 0.2) is 0 Å². The van der Waals surface area contributed by atoms with Crippen LogP contribution in [0.15, 0.2) is 30.3 Å². The summed E-state index contributed by atoms with van der Waals surface area (Å²) in [6.07, 6.45) is 3.65. The van der Waals surface area contributed by atoms with Gasteiger partial charge in [0.1, 0.15) is 5.78 Å². The lowest BCUT2D eigenvalue weighted by molar-refractivity contribution is -0.118. The van der Waals surface area contributed by atoms with Crippen LogP contribution in [0.3, 0.4) is 0 Å². The Morgan fingerprint density at radius 3 is 2.20 bits per heavy atom. The maximum atomic E-state index is 11.0. The molecule has 1 aromatic carbocycles. The van der Waals surface area contributed by atoms with Crippen LogP contribution in [0.5, 0.6) is 0 Å². The van der Waals surface area contributed by atoms with E-state index in [9.17, 15) is 4.79 Å². The molecule has 1 N–H and O–H groups in total. The zero-order valence-electron chi connectivity index (χ0n) is 13.8. The molecule has 20 heavy (non-hydrogen) atoms. The minimum atomic E-state index is 0.312. The van der Waals surface area contributed by atoms with Crippen molar-refractivity contribution in [3.63, 3.8) is 0 Å². The van der Waals surface area contributed by atoms with Gasteiger partial charge in [0.25, 0.3) is 0 Å². The highest BCUT2D eigenvalue weighted by Gasteiger charge is 2.41. The van der Waals surface area contributed by atoms with Crippen molar-refractivity contribution in [1.82, 2.24) is 5.32 Å². The lowest BCUT2D eigenvalue weighted by Crippen LogP contribution is -2.06. The number of rotatable bonds is 5. The van der Waals surface area contributed by atoms with E-state index in [0.29, 0.717) is 17.6 Å². The number of unbranched alkanes of at least 4 members (excludes halogenated alkanes) is 1. The normalized spacial score (nSPS) is 19.1. The summed E-state index contributed by atoms with van der Waals surface area (Å²) < 4.78 is 0. The topological polar surface area (TPSA) is 29.1 Å². The van der Waals surface area contributed by atoms with Crippen molar-refractivity contribution in [2.45, 2.75) is 52.9 Å². The first kappa shape index (κ1) is 18.9. The first-order valence-corrected chi connectivity index (χ1v) is 7.90. The molecular formula is C18H31NO. The molecule has 1 saturated carbocycles. The van der Waals surface area contributed by atoms with E-state index in [2.05, 4.69) is 24.4 Å². The first-order chi connectivity index (χ1) is 9.70. The fourth-order valence-corrected chi connectivity index (χ4v) is 2.07. The van der Waals surface area contributed by atoms with Gasteiger partial charge in [0, 0.05) is 5.92 Å². The van der Waals surface area contributed by atoms with Crippen molar-refractivity contribution >= 4 is 5.78 Å². The number of carbonyl (C=O) groups is 1. The Kier molecular flexibility index (Phi) is 11.0. The fourth-order valence-electron chi connectivity index (χ4n) is 2.07. The number of ketones is 1. The molecule has 0 spiro atoms. The predicted octanol–water partition coefficient (Wildman–Crippen LogP) is 4.41. The molecule has 1 aromatic rings. The van der Waals surface area contributed by atoms with Crippen LogP contribution >= 0.6 is 0 Å². The lowest BCUT2D eigenvalue weighted by atomic mass is 10.1. The minimum absolute atomic E-state index is 0.312. The third-order valence-electron chi connectivity index (χ3n) is 3.32. The van der Waals surface area contributed by atoms with Crippen molar-refractivity contribution in [2.75, 3.05) is 13.6 Å². The van der Waals surface area contributed by atoms with Crippen molar-refractivity contribution in [2.24, 2.45) is 5.92 Å². The monoisotopic (exact) mass is 277 g/mol. The average molecular weight is 277 g/mol. The van der Waals surface area contributed by atoms with Gasteiger partial charge in [-0.15, -0.1) is 0 Å². The quantitative estimate of drug-likeness (QED) is 0.808. The van der Waals surface area contributed by atoms with Crippen LogP contribution < -0.4 is 5.32 Å². The first-order valence-electron chi connectivity index (χ1n) is 7.90. The smallest absolute Gasteiger partial charge is 0.133 e. The van der Waals surface area contributed by atoms with Crippen LogP contribution in [0.4, 0.5) is 0 Å². The van der Waals surface area contributed by atoms with Gasteiger partial charge in [-0.25, -0.2) is 0 Å². The largest absolute Gasteiger partial charge is 0.320 e. The van der Waals surface area contributed by atoms with Gasteiger partial charge in [-0.05, 0) is 44.8 Å². The molecule has 1 aliphatic rings. The predicted molar refractivity (Wildman–Crippen MR) is 88.2 cm³/mol. The summed E-state index contributed by atoms with van der Waals surface area (Å²) in [5.74, 6) is 1.17. The van der Waals surface area contributed by atoms with Crippen molar-refractivity contribution in [1.29, 1.82) is 0 Å². The molecule has 0 bridgehead atoms. The van der Waals surface area contributed by atoms with E-state index in [1.165, 1.54) is 18.4 Å². The summed E-state index contributed by atoms with van der Waals surface area (Å²) >= 11 is 0. The summed E-state index contributed by atoms with van der Waals surface area (Å²) in [5, 5.41) is 3.07. The maximum absolute atomic E-state index is 11.0. The number of carbonyl (C=O) groups excluding carboxylic acids is 1. The minimum Gasteiger partial charge on any atom is -0.320 e. The molecule has 2 heteroatoms. The molecule has 0 amide bonds. The fraction of sp³-hybridized carbons (Fsp3) is 0.611. The van der Waals surface area contributed by atoms with Gasteiger partial charge in [-0.2, -0.15) is 0 Å². The Hall–Kier alpha value is -1.15. The lowest BCUT2D eigenvalue weighted by Gasteiger charge is -1.96. The highest BCUT2D eigenvalue weighted by molar-refractivity contribution is 5.82. The Labute approximate surface area is 125 Å². The summed E-state index contributed by atoms with van der Waals surface area (Å²) in [4.78, 5) is 11.0. The third-order valence-corrected chi connectivity index (χ3v) is 3.32. The molecule has 114 valence electrons. The summed E-state index contributed by atoms with van der Waals surface area (Å²) in [6, 6.07) is 10.3. The Balaban J connectivity index is 0.000000387. The highest BCUT2D eigenvalue weighted by atomic mass is 16.1. The number of nitrogens with one attached hydrogen (secondary N) is 1. The molecule has 0 radical (unpaired) electrons. The van der Waals surface area contributed by atoms with Gasteiger partial charge in [-0.3, -0.25) is 4.79 Å². The molecular weight excluding hydrogens is 246 g/mol. The van der Waals surface area contributed by atoms with Crippen LogP contribution in [0.2, 0.25) is 0 Å². The zero-order chi connectivity index (χ0) is 15.4. The van der Waals surface area contributed by atoms with Crippen molar-refractivity contribution < 1.29 is 4.79 Å². The van der Waals surface area contributed by atoms with E-state index in [-0.39, 0.29) is 0 Å². The molecule has 2 nitrogen and oxygen atoms in total. The van der Waals surface area contributed by atoms with Crippen LogP contribution in [0.25, 0.3) is 0 Å². The van der Waals surface area contributed by atoms with Crippen LogP contribution in [0.1, 0.15) is 58.4 Å². The van der Waals surface area contributed by atoms with E-state index in [0.717, 1.165) is 13.0 Å². The number of Topliss-reactive ketones (excluding diaryl/α,β-unsaturated/α-hetero) is 1. The molecule has 2 unspecified atom stereocenters. The van der Waals surface area contributed by atoms with Crippen LogP contribution in [-0.4, -0.2) is 19.4 Å². The second-order valence-corrected chi connectivity index (χ2v) is 4.93. The highest BCUT2D eigenvalue weighted by Crippen LogP contribution is 2.47. The molecule has 0 aliphatic heterocycles. The van der Waals surface area contributed by atoms with Gasteiger partial charge < -0.3 is 5.32 Å². The molecule has 2 atom stereocenters. The molecule has 0 aromatic heterocycles. The summed E-state index contributed by atoms with van der Waals surface area (Å²) in [7, 11) is 1.98. The Morgan fingerprint density at radius 2 is 1.85 bits per heavy atom. The van der Waals surface area contributed by atoms with Gasteiger partial charge in [0.05, 0.1) is 0 Å².